The van der Waals surface area contributed by atoms with Gasteiger partial charge in [0.15, 0.2) is 5.82 Å². The Morgan fingerprint density at radius 1 is 1.35 bits per heavy atom. The van der Waals surface area contributed by atoms with Crippen molar-refractivity contribution in [3.05, 3.63) is 36.5 Å². The number of hydrogen-bond donors (Lipinski definition) is 1. The number of nitrogens with one attached hydrogen (secondary N) is 1. The van der Waals surface area contributed by atoms with Crippen LogP contribution in [0.5, 0.6) is 0 Å². The van der Waals surface area contributed by atoms with Crippen LogP contribution in [0.25, 0.3) is 5.82 Å². The summed E-state index contributed by atoms with van der Waals surface area (Å²) in [6, 6.07) is 5.91. The highest BCUT2D eigenvalue weighted by atomic mass is 15.3. The highest BCUT2D eigenvalue weighted by Crippen LogP contribution is 2.03. The van der Waals surface area contributed by atoms with E-state index in [-0.39, 0.29) is 0 Å². The van der Waals surface area contributed by atoms with Crippen molar-refractivity contribution in [2.45, 2.75) is 20.4 Å². The summed E-state index contributed by atoms with van der Waals surface area (Å²) < 4.78 is 1.66. The fraction of sp³-hybridized carbons (Fsp3) is 0.417. The van der Waals surface area contributed by atoms with Crippen LogP contribution in [0.4, 0.5) is 0 Å². The van der Waals surface area contributed by atoms with Crippen molar-refractivity contribution in [3.8, 4) is 5.82 Å². The van der Waals surface area contributed by atoms with Crippen LogP contribution in [0.3, 0.4) is 0 Å². The quantitative estimate of drug-likeness (QED) is 0.845. The lowest BCUT2D eigenvalue weighted by atomic mass is 10.2. The first-order valence-electron chi connectivity index (χ1n) is 5.77. The van der Waals surface area contributed by atoms with E-state index in [0.717, 1.165) is 24.6 Å². The van der Waals surface area contributed by atoms with E-state index >= 15 is 0 Å². The van der Waals surface area contributed by atoms with Gasteiger partial charge in [-0.3, -0.25) is 0 Å². The van der Waals surface area contributed by atoms with Crippen molar-refractivity contribution in [2.75, 3.05) is 6.54 Å². The topological polar surface area (TPSA) is 55.6 Å². The van der Waals surface area contributed by atoms with E-state index in [9.17, 15) is 0 Å². The Morgan fingerprint density at radius 2 is 2.24 bits per heavy atom. The van der Waals surface area contributed by atoms with Crippen molar-refractivity contribution < 1.29 is 0 Å². The van der Waals surface area contributed by atoms with Crippen molar-refractivity contribution in [2.24, 2.45) is 5.92 Å². The average Bonchev–Trinajstić information content (AvgIpc) is 2.82. The van der Waals surface area contributed by atoms with Gasteiger partial charge >= 0.3 is 0 Å². The van der Waals surface area contributed by atoms with E-state index < -0.39 is 0 Å². The number of rotatable bonds is 5. The second-order valence-electron chi connectivity index (χ2n) is 4.35. The maximum Gasteiger partial charge on any atom is 0.155 e. The van der Waals surface area contributed by atoms with Gasteiger partial charge in [0.1, 0.15) is 12.7 Å². The molecule has 0 unspecified atom stereocenters. The molecule has 0 aliphatic heterocycles. The fourth-order valence-electron chi connectivity index (χ4n) is 1.51. The third-order valence-electron chi connectivity index (χ3n) is 2.30. The molecule has 0 radical (unpaired) electrons. The zero-order valence-electron chi connectivity index (χ0n) is 10.2. The second kappa shape index (κ2) is 5.54. The summed E-state index contributed by atoms with van der Waals surface area (Å²) >= 11 is 0. The van der Waals surface area contributed by atoms with E-state index in [1.165, 1.54) is 6.33 Å². The van der Waals surface area contributed by atoms with Crippen molar-refractivity contribution >= 4 is 0 Å². The normalized spacial score (nSPS) is 11.0. The van der Waals surface area contributed by atoms with Crippen LogP contribution >= 0.6 is 0 Å². The van der Waals surface area contributed by atoms with Crippen molar-refractivity contribution in [3.63, 3.8) is 0 Å². The molecule has 0 aliphatic rings. The van der Waals surface area contributed by atoms with Gasteiger partial charge in [-0.25, -0.2) is 14.6 Å². The van der Waals surface area contributed by atoms with Crippen molar-refractivity contribution in [1.29, 1.82) is 0 Å². The van der Waals surface area contributed by atoms with Gasteiger partial charge in [0.2, 0.25) is 0 Å². The van der Waals surface area contributed by atoms with Gasteiger partial charge in [-0.05, 0) is 24.6 Å². The number of pyridine rings is 1. The maximum absolute atomic E-state index is 4.51. The first kappa shape index (κ1) is 11.7. The van der Waals surface area contributed by atoms with Gasteiger partial charge in [-0.1, -0.05) is 19.9 Å². The molecular formula is C12H17N5. The largest absolute Gasteiger partial charge is 0.311 e. The minimum absolute atomic E-state index is 0.647. The van der Waals surface area contributed by atoms with Crippen LogP contribution in [0.15, 0.2) is 30.9 Å². The highest BCUT2D eigenvalue weighted by Gasteiger charge is 2.01. The average molecular weight is 231 g/mol. The Kier molecular flexibility index (Phi) is 3.82. The molecule has 1 N–H and O–H groups in total. The summed E-state index contributed by atoms with van der Waals surface area (Å²) in [6.45, 7) is 6.15. The summed E-state index contributed by atoms with van der Waals surface area (Å²) in [5.74, 6) is 1.44. The molecule has 2 rings (SSSR count). The number of aromatic nitrogens is 4. The molecule has 90 valence electrons. The SMILES string of the molecule is CC(C)CNCc1cccc(-n2cncn2)n1. The summed E-state index contributed by atoms with van der Waals surface area (Å²) in [4.78, 5) is 8.42. The number of hydrogen-bond acceptors (Lipinski definition) is 4. The minimum Gasteiger partial charge on any atom is -0.311 e. The lowest BCUT2D eigenvalue weighted by molar-refractivity contribution is 0.547. The Bertz CT molecular complexity index is 450. The highest BCUT2D eigenvalue weighted by molar-refractivity contribution is 5.22. The lowest BCUT2D eigenvalue weighted by Gasteiger charge is -2.07. The van der Waals surface area contributed by atoms with E-state index in [1.54, 1.807) is 11.0 Å². The molecule has 0 saturated carbocycles. The molecule has 0 fully saturated rings. The summed E-state index contributed by atoms with van der Waals surface area (Å²) in [5, 5.41) is 7.42. The smallest absolute Gasteiger partial charge is 0.155 e. The Balaban J connectivity index is 2.02. The Labute approximate surface area is 101 Å². The molecule has 2 aromatic heterocycles. The molecule has 2 aromatic rings. The molecule has 2 heterocycles. The van der Waals surface area contributed by atoms with Crippen LogP contribution in [0.2, 0.25) is 0 Å². The molecule has 0 spiro atoms. The molecular weight excluding hydrogens is 214 g/mol. The van der Waals surface area contributed by atoms with Crippen LogP contribution < -0.4 is 5.32 Å². The molecule has 0 saturated heterocycles. The predicted molar refractivity (Wildman–Crippen MR) is 65.7 cm³/mol. The van der Waals surface area contributed by atoms with Gasteiger partial charge < -0.3 is 5.32 Å². The van der Waals surface area contributed by atoms with Crippen molar-refractivity contribution in [1.82, 2.24) is 25.1 Å². The van der Waals surface area contributed by atoms with E-state index in [1.807, 2.05) is 18.2 Å². The third kappa shape index (κ3) is 3.35. The molecule has 0 amide bonds. The van der Waals surface area contributed by atoms with Gasteiger partial charge in [-0.15, -0.1) is 0 Å². The van der Waals surface area contributed by atoms with Gasteiger partial charge in [-0.2, -0.15) is 5.10 Å². The third-order valence-corrected chi connectivity index (χ3v) is 2.30. The fourth-order valence-corrected chi connectivity index (χ4v) is 1.51. The molecule has 0 bridgehead atoms. The zero-order chi connectivity index (χ0) is 12.1. The van der Waals surface area contributed by atoms with E-state index in [0.29, 0.717) is 5.92 Å². The Morgan fingerprint density at radius 3 is 2.94 bits per heavy atom. The molecule has 0 atom stereocenters. The predicted octanol–water partition coefficient (Wildman–Crippen LogP) is 1.41. The number of nitrogens with zero attached hydrogens (tertiary/aromatic N) is 4. The summed E-state index contributed by atoms with van der Waals surface area (Å²) in [7, 11) is 0. The van der Waals surface area contributed by atoms with Gasteiger partial charge in [0, 0.05) is 6.54 Å². The monoisotopic (exact) mass is 231 g/mol. The molecule has 5 heteroatoms. The van der Waals surface area contributed by atoms with Crippen LogP contribution in [0, 0.1) is 5.92 Å². The lowest BCUT2D eigenvalue weighted by Crippen LogP contribution is -2.19. The Hall–Kier alpha value is -1.75. The van der Waals surface area contributed by atoms with Crippen LogP contribution in [-0.2, 0) is 6.54 Å². The summed E-state index contributed by atoms with van der Waals surface area (Å²) in [5.41, 5.74) is 1.01. The van der Waals surface area contributed by atoms with E-state index in [2.05, 4.69) is 34.2 Å². The van der Waals surface area contributed by atoms with Crippen LogP contribution in [0.1, 0.15) is 19.5 Å². The van der Waals surface area contributed by atoms with Crippen LogP contribution in [-0.4, -0.2) is 26.3 Å². The molecule has 0 aliphatic carbocycles. The molecule has 17 heavy (non-hydrogen) atoms. The molecule has 5 nitrogen and oxygen atoms in total. The maximum atomic E-state index is 4.51. The first-order chi connectivity index (χ1) is 8.25. The molecule has 0 aromatic carbocycles. The van der Waals surface area contributed by atoms with Gasteiger partial charge in [0.05, 0.1) is 5.69 Å². The first-order valence-corrected chi connectivity index (χ1v) is 5.77. The zero-order valence-corrected chi connectivity index (χ0v) is 10.2. The van der Waals surface area contributed by atoms with E-state index in [4.69, 9.17) is 0 Å². The second-order valence-corrected chi connectivity index (χ2v) is 4.35. The summed E-state index contributed by atoms with van der Waals surface area (Å²) in [6.07, 6.45) is 3.15. The van der Waals surface area contributed by atoms with Gasteiger partial charge in [0.25, 0.3) is 0 Å². The standard InChI is InChI=1S/C12H17N5/c1-10(2)6-13-7-11-4-3-5-12(16-11)17-9-14-8-15-17/h3-5,8-10,13H,6-7H2,1-2H3. The minimum atomic E-state index is 0.647.